The maximum atomic E-state index is 12.6. The predicted octanol–water partition coefficient (Wildman–Crippen LogP) is 2.36. The smallest absolute Gasteiger partial charge is 0.272 e. The fourth-order valence-corrected chi connectivity index (χ4v) is 3.27. The Hall–Kier alpha value is -2.96. The first-order valence-electron chi connectivity index (χ1n) is 8.54. The van der Waals surface area contributed by atoms with Gasteiger partial charge in [0.2, 0.25) is 0 Å². The number of aromatic amines is 1. The molecule has 2 N–H and O–H groups in total. The zero-order valence-electron chi connectivity index (χ0n) is 14.1. The van der Waals surface area contributed by atoms with Gasteiger partial charge in [0.05, 0.1) is 11.7 Å². The Morgan fingerprint density at radius 2 is 2.04 bits per heavy atom. The summed E-state index contributed by atoms with van der Waals surface area (Å²) >= 11 is 0. The predicted molar refractivity (Wildman–Crippen MR) is 92.5 cm³/mol. The molecule has 3 aromatic rings. The number of carbonyl (C=O) groups excluding carboxylic acids is 1. The lowest BCUT2D eigenvalue weighted by atomic mass is 9.95. The van der Waals surface area contributed by atoms with E-state index >= 15 is 0 Å². The molecular weight excluding hydrogens is 316 g/mol. The van der Waals surface area contributed by atoms with Gasteiger partial charge in [-0.1, -0.05) is 12.1 Å². The molecule has 0 aliphatic heterocycles. The molecule has 1 atom stereocenters. The second-order valence-corrected chi connectivity index (χ2v) is 6.36. The van der Waals surface area contributed by atoms with Crippen LogP contribution in [0.15, 0.2) is 36.9 Å². The Morgan fingerprint density at radius 3 is 2.80 bits per heavy atom. The summed E-state index contributed by atoms with van der Waals surface area (Å²) in [6.07, 6.45) is 7.34. The quantitative estimate of drug-likeness (QED) is 0.765. The molecule has 25 heavy (non-hydrogen) atoms. The molecule has 0 saturated carbocycles. The molecule has 0 bridgehead atoms. The largest absolute Gasteiger partial charge is 0.344 e. The van der Waals surface area contributed by atoms with Crippen molar-refractivity contribution in [3.05, 3.63) is 59.4 Å². The normalized spacial score (nSPS) is 14.8. The average Bonchev–Trinajstić information content (AvgIpc) is 3.31. The van der Waals surface area contributed by atoms with Crippen molar-refractivity contribution >= 4 is 5.91 Å². The minimum Gasteiger partial charge on any atom is -0.344 e. The van der Waals surface area contributed by atoms with Gasteiger partial charge in [0.1, 0.15) is 12.7 Å². The number of fused-ring (bicyclic) bond motifs is 1. The van der Waals surface area contributed by atoms with E-state index in [9.17, 15) is 4.79 Å². The van der Waals surface area contributed by atoms with Gasteiger partial charge < -0.3 is 5.32 Å². The van der Waals surface area contributed by atoms with Crippen molar-refractivity contribution in [2.75, 3.05) is 0 Å². The van der Waals surface area contributed by atoms with E-state index in [1.165, 1.54) is 6.33 Å². The summed E-state index contributed by atoms with van der Waals surface area (Å²) < 4.78 is 1.70. The molecule has 0 unspecified atom stereocenters. The zero-order valence-corrected chi connectivity index (χ0v) is 14.1. The third-order valence-electron chi connectivity index (χ3n) is 4.70. The second kappa shape index (κ2) is 6.51. The molecule has 1 aliphatic rings. The molecule has 7 nitrogen and oxygen atoms in total. The number of benzene rings is 1. The fraction of sp³-hybridized carbons (Fsp3) is 0.333. The van der Waals surface area contributed by atoms with E-state index in [-0.39, 0.29) is 11.9 Å². The lowest BCUT2D eigenvalue weighted by molar-refractivity contribution is 0.0933. The number of H-pyrrole nitrogens is 1. The Balaban J connectivity index is 1.47. The van der Waals surface area contributed by atoms with Crippen LogP contribution in [0.5, 0.6) is 0 Å². The molecule has 7 heteroatoms. The van der Waals surface area contributed by atoms with Gasteiger partial charge in [-0.05, 0) is 50.3 Å². The van der Waals surface area contributed by atoms with Gasteiger partial charge in [-0.2, -0.15) is 10.2 Å². The molecule has 0 fully saturated rings. The van der Waals surface area contributed by atoms with Crippen molar-refractivity contribution in [3.8, 4) is 5.69 Å². The topological polar surface area (TPSA) is 88.5 Å². The van der Waals surface area contributed by atoms with Crippen LogP contribution in [-0.2, 0) is 12.8 Å². The number of nitrogens with zero attached hydrogens (tertiary/aromatic N) is 4. The number of hydrogen-bond acceptors (Lipinski definition) is 4. The highest BCUT2D eigenvalue weighted by atomic mass is 16.2. The molecule has 4 rings (SSSR count). The van der Waals surface area contributed by atoms with E-state index < -0.39 is 0 Å². The summed E-state index contributed by atoms with van der Waals surface area (Å²) in [5.41, 5.74) is 4.70. The number of aryl methyl sites for hydroxylation is 1. The van der Waals surface area contributed by atoms with Crippen LogP contribution >= 0.6 is 0 Å². The van der Waals surface area contributed by atoms with Crippen molar-refractivity contribution in [2.24, 2.45) is 0 Å². The molecule has 0 saturated heterocycles. The maximum Gasteiger partial charge on any atom is 0.272 e. The van der Waals surface area contributed by atoms with E-state index in [1.807, 2.05) is 31.2 Å². The first-order valence-corrected chi connectivity index (χ1v) is 8.54. The van der Waals surface area contributed by atoms with E-state index in [1.54, 1.807) is 11.0 Å². The fourth-order valence-electron chi connectivity index (χ4n) is 3.27. The lowest BCUT2D eigenvalue weighted by Gasteiger charge is -2.15. The van der Waals surface area contributed by atoms with Gasteiger partial charge in [-0.3, -0.25) is 9.89 Å². The molecule has 1 aromatic carbocycles. The van der Waals surface area contributed by atoms with E-state index in [2.05, 4.69) is 25.6 Å². The summed E-state index contributed by atoms with van der Waals surface area (Å²) in [6.45, 7) is 1.97. The Kier molecular flexibility index (Phi) is 4.05. The summed E-state index contributed by atoms with van der Waals surface area (Å²) in [6, 6.07) is 7.80. The molecular formula is C18H20N6O. The van der Waals surface area contributed by atoms with Crippen LogP contribution < -0.4 is 5.32 Å². The van der Waals surface area contributed by atoms with E-state index in [4.69, 9.17) is 0 Å². The van der Waals surface area contributed by atoms with Gasteiger partial charge in [0, 0.05) is 11.3 Å². The van der Waals surface area contributed by atoms with Crippen LogP contribution in [0.25, 0.3) is 5.69 Å². The van der Waals surface area contributed by atoms with Crippen molar-refractivity contribution in [1.82, 2.24) is 30.3 Å². The standard InChI is InChI=1S/C18H20N6O/c1-12(13-6-8-14(9-7-13)24-11-19-10-20-24)21-18(25)17-15-4-2-3-5-16(15)22-23-17/h6-12H,2-5H2,1H3,(H,21,25)(H,22,23)/t12-/m1/s1. The summed E-state index contributed by atoms with van der Waals surface area (Å²) in [5.74, 6) is -0.118. The highest BCUT2D eigenvalue weighted by Crippen LogP contribution is 2.23. The number of hydrogen-bond donors (Lipinski definition) is 2. The summed E-state index contributed by atoms with van der Waals surface area (Å²) in [5, 5.41) is 14.4. The number of carbonyl (C=O) groups is 1. The Morgan fingerprint density at radius 1 is 1.24 bits per heavy atom. The highest BCUT2D eigenvalue weighted by molar-refractivity contribution is 5.94. The Labute approximate surface area is 145 Å². The second-order valence-electron chi connectivity index (χ2n) is 6.36. The van der Waals surface area contributed by atoms with Gasteiger partial charge >= 0.3 is 0 Å². The van der Waals surface area contributed by atoms with Crippen molar-refractivity contribution < 1.29 is 4.79 Å². The first-order chi connectivity index (χ1) is 12.2. The van der Waals surface area contributed by atoms with Crippen LogP contribution in [0.4, 0.5) is 0 Å². The minimum atomic E-state index is -0.118. The van der Waals surface area contributed by atoms with Crippen molar-refractivity contribution in [1.29, 1.82) is 0 Å². The number of nitrogens with one attached hydrogen (secondary N) is 2. The Bertz CT molecular complexity index is 866. The van der Waals surface area contributed by atoms with Crippen LogP contribution in [0.1, 0.15) is 53.1 Å². The number of aromatic nitrogens is 5. The lowest BCUT2D eigenvalue weighted by Crippen LogP contribution is -2.28. The van der Waals surface area contributed by atoms with Crippen LogP contribution in [0, 0.1) is 0 Å². The van der Waals surface area contributed by atoms with Gasteiger partial charge in [0.25, 0.3) is 5.91 Å². The molecule has 0 spiro atoms. The first kappa shape index (κ1) is 15.6. The van der Waals surface area contributed by atoms with E-state index in [0.717, 1.165) is 48.2 Å². The maximum absolute atomic E-state index is 12.6. The molecule has 2 aromatic heterocycles. The summed E-state index contributed by atoms with van der Waals surface area (Å²) in [7, 11) is 0. The third kappa shape index (κ3) is 3.05. The molecule has 0 radical (unpaired) electrons. The molecule has 2 heterocycles. The number of rotatable bonds is 4. The average molecular weight is 336 g/mol. The van der Waals surface area contributed by atoms with Gasteiger partial charge in [-0.15, -0.1) is 0 Å². The van der Waals surface area contributed by atoms with E-state index in [0.29, 0.717) is 5.69 Å². The van der Waals surface area contributed by atoms with Crippen LogP contribution in [0.3, 0.4) is 0 Å². The van der Waals surface area contributed by atoms with Crippen molar-refractivity contribution in [3.63, 3.8) is 0 Å². The summed E-state index contributed by atoms with van der Waals surface area (Å²) in [4.78, 5) is 16.5. The minimum absolute atomic E-state index is 0.103. The monoisotopic (exact) mass is 336 g/mol. The molecule has 128 valence electrons. The SMILES string of the molecule is C[C@@H](NC(=O)c1n[nH]c2c1CCCC2)c1ccc(-n2cncn2)cc1. The van der Waals surface area contributed by atoms with Crippen LogP contribution in [0.2, 0.25) is 0 Å². The van der Waals surface area contributed by atoms with Crippen molar-refractivity contribution in [2.45, 2.75) is 38.6 Å². The van der Waals surface area contributed by atoms with Gasteiger partial charge in [-0.25, -0.2) is 9.67 Å². The molecule has 1 amide bonds. The van der Waals surface area contributed by atoms with Gasteiger partial charge in [0.15, 0.2) is 5.69 Å². The zero-order chi connectivity index (χ0) is 17.2. The molecule has 1 aliphatic carbocycles. The van der Waals surface area contributed by atoms with Crippen LogP contribution in [-0.4, -0.2) is 30.9 Å². The number of amides is 1. The highest BCUT2D eigenvalue weighted by Gasteiger charge is 2.22. The third-order valence-corrected chi connectivity index (χ3v) is 4.70.